The summed E-state index contributed by atoms with van der Waals surface area (Å²) in [7, 11) is -3.59. The summed E-state index contributed by atoms with van der Waals surface area (Å²) in [4.78, 5) is 18.2. The van der Waals surface area contributed by atoms with Gasteiger partial charge in [-0.25, -0.2) is 8.42 Å². The molecule has 0 saturated carbocycles. The fraction of sp³-hybridized carbons (Fsp3) is 0.385. The van der Waals surface area contributed by atoms with Crippen LogP contribution in [0.15, 0.2) is 58.9 Å². The molecule has 0 aliphatic carbocycles. The molecule has 1 atom stereocenters. The monoisotopic (exact) mass is 497 g/mol. The summed E-state index contributed by atoms with van der Waals surface area (Å²) >= 11 is 1.46. The minimum atomic E-state index is -3.59. The Balaban J connectivity index is 1.66. The van der Waals surface area contributed by atoms with Crippen LogP contribution in [0.5, 0.6) is 0 Å². The van der Waals surface area contributed by atoms with E-state index in [1.165, 1.54) is 34.6 Å². The second-order valence-corrected chi connectivity index (χ2v) is 11.7. The Morgan fingerprint density at radius 2 is 1.88 bits per heavy atom. The molecule has 4 rings (SSSR count). The Labute approximate surface area is 205 Å². The number of benzene rings is 2. The van der Waals surface area contributed by atoms with E-state index >= 15 is 0 Å². The van der Waals surface area contributed by atoms with Crippen LogP contribution in [-0.2, 0) is 16.6 Å². The van der Waals surface area contributed by atoms with Gasteiger partial charge in [0.2, 0.25) is 10.0 Å². The van der Waals surface area contributed by atoms with E-state index in [1.807, 2.05) is 11.5 Å². The van der Waals surface area contributed by atoms with Crippen LogP contribution in [0.2, 0.25) is 0 Å². The topological polar surface area (TPSA) is 71.7 Å². The van der Waals surface area contributed by atoms with Gasteiger partial charge in [-0.05, 0) is 80.6 Å². The number of carbonyl (C=O) groups is 1. The Morgan fingerprint density at radius 1 is 1.18 bits per heavy atom. The zero-order chi connectivity index (χ0) is 24.5. The molecule has 0 bridgehead atoms. The van der Waals surface area contributed by atoms with Gasteiger partial charge in [0.05, 0.1) is 15.1 Å². The molecule has 3 aromatic rings. The highest BCUT2D eigenvalue weighted by atomic mass is 32.2. The van der Waals surface area contributed by atoms with Crippen molar-refractivity contribution >= 4 is 37.5 Å². The molecule has 8 heteroatoms. The lowest BCUT2D eigenvalue weighted by Gasteiger charge is -2.34. The van der Waals surface area contributed by atoms with Gasteiger partial charge in [-0.3, -0.25) is 4.79 Å². The number of rotatable bonds is 6. The third-order valence-corrected chi connectivity index (χ3v) is 9.57. The number of hydrogen-bond acceptors (Lipinski definition) is 4. The maximum atomic E-state index is 13.2. The lowest BCUT2D eigenvalue weighted by atomic mass is 10.0. The molecular formula is C26H31N3O3S2. The molecule has 1 saturated heterocycles. The number of carbonyl (C=O) groups excluding carboxylic acids is 1. The number of piperidine rings is 1. The number of sulfonamides is 1. The molecule has 1 unspecified atom stereocenters. The number of fused-ring (bicyclic) bond motifs is 1. The first-order valence-electron chi connectivity index (χ1n) is 11.7. The second kappa shape index (κ2) is 9.98. The minimum Gasteiger partial charge on any atom is -0.312 e. The van der Waals surface area contributed by atoms with E-state index in [9.17, 15) is 13.2 Å². The number of hydrogen-bond donors (Lipinski definition) is 0. The number of amides is 1. The molecule has 1 fully saturated rings. The third kappa shape index (κ3) is 4.67. The van der Waals surface area contributed by atoms with E-state index in [2.05, 4.69) is 37.6 Å². The number of aromatic nitrogens is 1. The van der Waals surface area contributed by atoms with Crippen LogP contribution in [0.1, 0.15) is 54.1 Å². The zero-order valence-corrected chi connectivity index (χ0v) is 21.6. The third-order valence-electron chi connectivity index (χ3n) is 6.56. The van der Waals surface area contributed by atoms with Crippen LogP contribution in [0.25, 0.3) is 10.2 Å². The van der Waals surface area contributed by atoms with Crippen LogP contribution in [0.3, 0.4) is 0 Å². The Bertz CT molecular complexity index is 1400. The van der Waals surface area contributed by atoms with Crippen LogP contribution in [0, 0.1) is 13.8 Å². The van der Waals surface area contributed by atoms with Crippen LogP contribution in [-0.4, -0.2) is 35.8 Å². The summed E-state index contributed by atoms with van der Waals surface area (Å²) in [6.07, 6.45) is 5.42. The van der Waals surface area contributed by atoms with E-state index in [-0.39, 0.29) is 10.9 Å². The quantitative estimate of drug-likeness (QED) is 0.440. The highest BCUT2D eigenvalue weighted by Gasteiger charge is 2.32. The van der Waals surface area contributed by atoms with E-state index < -0.39 is 15.9 Å². The van der Waals surface area contributed by atoms with Crippen molar-refractivity contribution in [3.63, 3.8) is 0 Å². The van der Waals surface area contributed by atoms with Gasteiger partial charge >= 0.3 is 0 Å². The molecule has 1 aliphatic heterocycles. The lowest BCUT2D eigenvalue weighted by Crippen LogP contribution is -2.43. The number of nitrogens with zero attached hydrogens (tertiary/aromatic N) is 3. The van der Waals surface area contributed by atoms with Crippen LogP contribution < -0.4 is 4.80 Å². The molecular weight excluding hydrogens is 466 g/mol. The van der Waals surface area contributed by atoms with Crippen LogP contribution >= 0.6 is 11.3 Å². The maximum absolute atomic E-state index is 13.2. The van der Waals surface area contributed by atoms with Gasteiger partial charge in [-0.15, -0.1) is 6.58 Å². The maximum Gasteiger partial charge on any atom is 0.279 e. The molecule has 1 amide bonds. The van der Waals surface area contributed by atoms with Crippen molar-refractivity contribution in [2.45, 2.75) is 63.9 Å². The van der Waals surface area contributed by atoms with Gasteiger partial charge in [0.15, 0.2) is 4.80 Å². The molecule has 1 aromatic heterocycles. The van der Waals surface area contributed by atoms with E-state index in [1.54, 1.807) is 22.5 Å². The lowest BCUT2D eigenvalue weighted by molar-refractivity contribution is 0.0997. The van der Waals surface area contributed by atoms with Crippen molar-refractivity contribution in [1.82, 2.24) is 8.87 Å². The molecule has 34 heavy (non-hydrogen) atoms. The minimum absolute atomic E-state index is 0.0376. The van der Waals surface area contributed by atoms with Crippen molar-refractivity contribution in [3.05, 3.63) is 70.5 Å². The predicted octanol–water partition coefficient (Wildman–Crippen LogP) is 5.20. The summed E-state index contributed by atoms with van der Waals surface area (Å²) < 4.78 is 31.1. The molecule has 0 N–H and O–H groups in total. The molecule has 1 aliphatic rings. The van der Waals surface area contributed by atoms with Crippen molar-refractivity contribution in [3.8, 4) is 0 Å². The summed E-state index contributed by atoms with van der Waals surface area (Å²) in [5.41, 5.74) is 3.75. The standard InChI is InChI=1S/C26H31N3O3S2/c1-5-14-28-23-16-18(3)19(4)17-24(23)33-26(28)27-25(30)20-10-12-22(13-11-20)34(31,32)29-15-8-7-9-21(29)6-2/h5,10-13,16-17,21H,1,6-9,14-15H2,2-4H3. The summed E-state index contributed by atoms with van der Waals surface area (Å²) in [6.45, 7) is 11.1. The fourth-order valence-electron chi connectivity index (χ4n) is 4.47. The first-order chi connectivity index (χ1) is 16.3. The van der Waals surface area contributed by atoms with Crippen molar-refractivity contribution < 1.29 is 13.2 Å². The average Bonchev–Trinajstić information content (AvgIpc) is 3.15. The van der Waals surface area contributed by atoms with E-state index in [0.717, 1.165) is 35.9 Å². The van der Waals surface area contributed by atoms with Gasteiger partial charge in [-0.2, -0.15) is 9.30 Å². The molecule has 180 valence electrons. The second-order valence-electron chi connectivity index (χ2n) is 8.80. The fourth-order valence-corrected chi connectivity index (χ4v) is 7.35. The largest absolute Gasteiger partial charge is 0.312 e. The molecule has 0 radical (unpaired) electrons. The van der Waals surface area contributed by atoms with Gasteiger partial charge in [0.1, 0.15) is 0 Å². The normalized spacial score (nSPS) is 17.9. The molecule has 2 aromatic carbocycles. The molecule has 2 heterocycles. The number of thiazole rings is 1. The first-order valence-corrected chi connectivity index (χ1v) is 13.9. The molecule has 0 spiro atoms. The van der Waals surface area contributed by atoms with Crippen molar-refractivity contribution in [1.29, 1.82) is 0 Å². The molecule has 6 nitrogen and oxygen atoms in total. The van der Waals surface area contributed by atoms with Crippen molar-refractivity contribution in [2.75, 3.05) is 6.54 Å². The highest BCUT2D eigenvalue weighted by Crippen LogP contribution is 2.27. The van der Waals surface area contributed by atoms with Gasteiger partial charge in [0.25, 0.3) is 5.91 Å². The zero-order valence-electron chi connectivity index (χ0n) is 20.0. The van der Waals surface area contributed by atoms with Crippen molar-refractivity contribution in [2.24, 2.45) is 4.99 Å². The number of aryl methyl sites for hydroxylation is 2. The predicted molar refractivity (Wildman–Crippen MR) is 138 cm³/mol. The summed E-state index contributed by atoms with van der Waals surface area (Å²) in [5.74, 6) is -0.397. The van der Waals surface area contributed by atoms with E-state index in [0.29, 0.717) is 23.5 Å². The Morgan fingerprint density at radius 3 is 2.56 bits per heavy atom. The van der Waals surface area contributed by atoms with Gasteiger partial charge in [0, 0.05) is 24.7 Å². The SMILES string of the molecule is C=CCn1c(=NC(=O)c2ccc(S(=O)(=O)N3CCCCC3CC)cc2)sc2cc(C)c(C)cc21. The Kier molecular flexibility index (Phi) is 7.21. The van der Waals surface area contributed by atoms with Gasteiger partial charge in [-0.1, -0.05) is 30.8 Å². The van der Waals surface area contributed by atoms with Crippen LogP contribution in [0.4, 0.5) is 0 Å². The highest BCUT2D eigenvalue weighted by molar-refractivity contribution is 7.89. The van der Waals surface area contributed by atoms with Gasteiger partial charge < -0.3 is 4.57 Å². The van der Waals surface area contributed by atoms with E-state index in [4.69, 9.17) is 0 Å². The number of allylic oxidation sites excluding steroid dienone is 1. The summed E-state index contributed by atoms with van der Waals surface area (Å²) in [5, 5.41) is 0. The summed E-state index contributed by atoms with van der Waals surface area (Å²) in [6, 6.07) is 10.4. The first kappa shape index (κ1) is 24.6. The smallest absolute Gasteiger partial charge is 0.279 e. The Hall–Kier alpha value is -2.55. The average molecular weight is 498 g/mol.